The van der Waals surface area contributed by atoms with Crippen LogP contribution >= 0.6 is 0 Å². The second kappa shape index (κ2) is 6.92. The molecule has 6 nitrogen and oxygen atoms in total. The van der Waals surface area contributed by atoms with Crippen molar-refractivity contribution in [1.29, 1.82) is 0 Å². The molecular formula is C20H18N4O2. The smallest absolute Gasteiger partial charge is 0.271 e. The van der Waals surface area contributed by atoms with E-state index >= 15 is 0 Å². The van der Waals surface area contributed by atoms with Crippen LogP contribution in [0.2, 0.25) is 0 Å². The Labute approximate surface area is 151 Å². The third kappa shape index (κ3) is 3.26. The minimum atomic E-state index is -0.251. The molecule has 1 aliphatic rings. The molecule has 1 unspecified atom stereocenters. The van der Waals surface area contributed by atoms with Crippen LogP contribution in [0.5, 0.6) is 5.75 Å². The van der Waals surface area contributed by atoms with E-state index in [1.54, 1.807) is 6.20 Å². The standard InChI is InChI=1S/C20H18N4O2/c1-13-8-14-10-15(11-24-20(25)18-12-21-6-7-23-18)26-19(14)16(9-13)17-4-2-3-5-22-17/h2-9,12,15H,10-11H2,1H3,(H,24,25). The second-order valence-electron chi connectivity index (χ2n) is 6.26. The molecule has 0 saturated carbocycles. The first-order chi connectivity index (χ1) is 12.7. The van der Waals surface area contributed by atoms with Gasteiger partial charge in [0.1, 0.15) is 17.5 Å². The number of nitrogens with zero attached hydrogens (tertiary/aromatic N) is 3. The lowest BCUT2D eigenvalue weighted by Crippen LogP contribution is -2.34. The molecule has 6 heteroatoms. The highest BCUT2D eigenvalue weighted by Gasteiger charge is 2.27. The van der Waals surface area contributed by atoms with E-state index < -0.39 is 0 Å². The summed E-state index contributed by atoms with van der Waals surface area (Å²) in [6.07, 6.45) is 6.89. The van der Waals surface area contributed by atoms with Gasteiger partial charge < -0.3 is 10.1 Å². The van der Waals surface area contributed by atoms with Gasteiger partial charge in [-0.15, -0.1) is 0 Å². The van der Waals surface area contributed by atoms with E-state index in [2.05, 4.69) is 39.3 Å². The molecule has 1 aromatic carbocycles. The van der Waals surface area contributed by atoms with E-state index in [1.165, 1.54) is 18.6 Å². The van der Waals surface area contributed by atoms with Gasteiger partial charge in [0.25, 0.3) is 5.91 Å². The number of ether oxygens (including phenoxy) is 1. The van der Waals surface area contributed by atoms with Crippen LogP contribution in [-0.4, -0.2) is 33.5 Å². The Hall–Kier alpha value is -3.28. The van der Waals surface area contributed by atoms with Gasteiger partial charge in [-0.3, -0.25) is 14.8 Å². The van der Waals surface area contributed by atoms with Gasteiger partial charge in [-0.05, 0) is 36.2 Å². The molecule has 1 aliphatic heterocycles. The van der Waals surface area contributed by atoms with Gasteiger partial charge in [-0.25, -0.2) is 4.98 Å². The van der Waals surface area contributed by atoms with Crippen LogP contribution in [0.1, 0.15) is 21.6 Å². The van der Waals surface area contributed by atoms with Crippen LogP contribution in [0.15, 0.2) is 55.1 Å². The number of carbonyl (C=O) groups is 1. The summed E-state index contributed by atoms with van der Waals surface area (Å²) in [5.41, 5.74) is 4.48. The predicted octanol–water partition coefficient (Wildman–Crippen LogP) is 2.58. The molecule has 1 amide bonds. The van der Waals surface area contributed by atoms with Crippen molar-refractivity contribution < 1.29 is 9.53 Å². The van der Waals surface area contributed by atoms with Crippen molar-refractivity contribution in [2.24, 2.45) is 0 Å². The highest BCUT2D eigenvalue weighted by atomic mass is 16.5. The van der Waals surface area contributed by atoms with Crippen molar-refractivity contribution in [1.82, 2.24) is 20.3 Å². The zero-order valence-electron chi connectivity index (χ0n) is 14.3. The van der Waals surface area contributed by atoms with Gasteiger partial charge >= 0.3 is 0 Å². The molecule has 2 aromatic heterocycles. The predicted molar refractivity (Wildman–Crippen MR) is 96.9 cm³/mol. The first-order valence-electron chi connectivity index (χ1n) is 8.46. The molecule has 4 rings (SSSR count). The topological polar surface area (TPSA) is 77.0 Å². The normalized spacial score (nSPS) is 15.2. The Bertz CT molecular complexity index is 929. The Balaban J connectivity index is 1.50. The molecule has 1 atom stereocenters. The summed E-state index contributed by atoms with van der Waals surface area (Å²) in [6.45, 7) is 2.47. The van der Waals surface area contributed by atoms with Crippen LogP contribution in [0.4, 0.5) is 0 Å². The minimum absolute atomic E-state index is 0.116. The monoisotopic (exact) mass is 346 g/mol. The van der Waals surface area contributed by atoms with Gasteiger partial charge in [-0.2, -0.15) is 0 Å². The van der Waals surface area contributed by atoms with Crippen LogP contribution in [0.25, 0.3) is 11.3 Å². The second-order valence-corrected chi connectivity index (χ2v) is 6.26. The van der Waals surface area contributed by atoms with Crippen LogP contribution in [-0.2, 0) is 6.42 Å². The van der Waals surface area contributed by atoms with E-state index in [-0.39, 0.29) is 12.0 Å². The number of rotatable bonds is 4. The molecule has 3 aromatic rings. The van der Waals surface area contributed by atoms with Crippen LogP contribution in [0, 0.1) is 6.92 Å². The molecule has 1 N–H and O–H groups in total. The number of nitrogens with one attached hydrogen (secondary N) is 1. The van der Waals surface area contributed by atoms with E-state index in [9.17, 15) is 4.79 Å². The number of pyridine rings is 1. The molecule has 26 heavy (non-hydrogen) atoms. The number of amides is 1. The molecule has 0 saturated heterocycles. The number of carbonyl (C=O) groups excluding carboxylic acids is 1. The molecule has 0 fully saturated rings. The molecular weight excluding hydrogens is 328 g/mol. The zero-order valence-corrected chi connectivity index (χ0v) is 14.3. The molecule has 0 aliphatic carbocycles. The lowest BCUT2D eigenvalue weighted by atomic mass is 10.0. The van der Waals surface area contributed by atoms with Crippen molar-refractivity contribution >= 4 is 5.91 Å². The molecule has 130 valence electrons. The average molecular weight is 346 g/mol. The Morgan fingerprint density at radius 3 is 2.92 bits per heavy atom. The van der Waals surface area contributed by atoms with E-state index in [0.717, 1.165) is 34.6 Å². The largest absolute Gasteiger partial charge is 0.487 e. The van der Waals surface area contributed by atoms with Crippen molar-refractivity contribution in [2.45, 2.75) is 19.4 Å². The summed E-state index contributed by atoms with van der Waals surface area (Å²) >= 11 is 0. The molecule has 3 heterocycles. The van der Waals surface area contributed by atoms with Crippen LogP contribution in [0.3, 0.4) is 0 Å². The van der Waals surface area contributed by atoms with Crippen molar-refractivity contribution in [3.63, 3.8) is 0 Å². The molecule has 0 radical (unpaired) electrons. The van der Waals surface area contributed by atoms with E-state index in [0.29, 0.717) is 12.2 Å². The van der Waals surface area contributed by atoms with E-state index in [1.807, 2.05) is 18.2 Å². The van der Waals surface area contributed by atoms with Gasteiger partial charge in [-0.1, -0.05) is 12.1 Å². The average Bonchev–Trinajstić information content (AvgIpc) is 3.09. The van der Waals surface area contributed by atoms with E-state index in [4.69, 9.17) is 4.74 Å². The summed E-state index contributed by atoms with van der Waals surface area (Å²) < 4.78 is 6.14. The summed E-state index contributed by atoms with van der Waals surface area (Å²) in [7, 11) is 0. The first-order valence-corrected chi connectivity index (χ1v) is 8.46. The Morgan fingerprint density at radius 1 is 1.23 bits per heavy atom. The lowest BCUT2D eigenvalue weighted by Gasteiger charge is -2.13. The fourth-order valence-corrected chi connectivity index (χ4v) is 3.13. The van der Waals surface area contributed by atoms with Gasteiger partial charge in [0.05, 0.1) is 18.4 Å². The highest BCUT2D eigenvalue weighted by Crippen LogP contribution is 2.39. The van der Waals surface area contributed by atoms with Gasteiger partial charge in [0, 0.05) is 30.6 Å². The maximum absolute atomic E-state index is 12.1. The summed E-state index contributed by atoms with van der Waals surface area (Å²) in [5.74, 6) is 0.604. The number of aromatic nitrogens is 3. The lowest BCUT2D eigenvalue weighted by molar-refractivity contribution is 0.0928. The Kier molecular flexibility index (Phi) is 4.31. The first kappa shape index (κ1) is 16.2. The molecule has 0 bridgehead atoms. The number of hydrogen-bond donors (Lipinski definition) is 1. The Morgan fingerprint density at radius 2 is 2.15 bits per heavy atom. The van der Waals surface area contributed by atoms with Gasteiger partial charge in [0.2, 0.25) is 0 Å². The maximum atomic E-state index is 12.1. The SMILES string of the molecule is Cc1cc2c(c(-c3ccccn3)c1)OC(CNC(=O)c1cnccn1)C2. The van der Waals surface area contributed by atoms with Crippen molar-refractivity contribution in [2.75, 3.05) is 6.54 Å². The fraction of sp³-hybridized carbons (Fsp3) is 0.200. The third-order valence-corrected chi connectivity index (χ3v) is 4.27. The summed E-state index contributed by atoms with van der Waals surface area (Å²) in [4.78, 5) is 24.5. The van der Waals surface area contributed by atoms with Crippen LogP contribution < -0.4 is 10.1 Å². The highest BCUT2D eigenvalue weighted by molar-refractivity contribution is 5.91. The number of hydrogen-bond acceptors (Lipinski definition) is 5. The summed E-state index contributed by atoms with van der Waals surface area (Å²) in [5, 5.41) is 2.87. The molecule has 0 spiro atoms. The van der Waals surface area contributed by atoms with Crippen molar-refractivity contribution in [3.05, 3.63) is 71.9 Å². The summed E-state index contributed by atoms with van der Waals surface area (Å²) in [6, 6.07) is 10.0. The fourth-order valence-electron chi connectivity index (χ4n) is 3.13. The number of benzene rings is 1. The zero-order chi connectivity index (χ0) is 17.9. The van der Waals surface area contributed by atoms with Crippen molar-refractivity contribution in [3.8, 4) is 17.0 Å². The maximum Gasteiger partial charge on any atom is 0.271 e. The quantitative estimate of drug-likeness (QED) is 0.786. The minimum Gasteiger partial charge on any atom is -0.487 e. The number of fused-ring (bicyclic) bond motifs is 1. The number of aryl methyl sites for hydroxylation is 1. The third-order valence-electron chi connectivity index (χ3n) is 4.27. The van der Waals surface area contributed by atoms with Gasteiger partial charge in [0.15, 0.2) is 0 Å².